The summed E-state index contributed by atoms with van der Waals surface area (Å²) >= 11 is 9.28. The topological polar surface area (TPSA) is 35.5 Å². The van der Waals surface area contributed by atoms with Crippen molar-refractivity contribution in [1.82, 2.24) is 0 Å². The molecule has 0 aliphatic rings. The van der Waals surface area contributed by atoms with Gasteiger partial charge in [0.05, 0.1) is 17.2 Å². The van der Waals surface area contributed by atoms with Gasteiger partial charge in [-0.15, -0.1) is 0 Å². The predicted molar refractivity (Wildman–Crippen MR) is 93.2 cm³/mol. The molecule has 0 saturated heterocycles. The Kier molecular flexibility index (Phi) is 6.47. The first-order valence-corrected chi connectivity index (χ1v) is 10.9. The minimum absolute atomic E-state index is 0.171. The zero-order valence-electron chi connectivity index (χ0n) is 13.1. The molecule has 0 fully saturated rings. The summed E-state index contributed by atoms with van der Waals surface area (Å²) in [5, 5.41) is 0.659. The van der Waals surface area contributed by atoms with Gasteiger partial charge < -0.3 is 9.16 Å². The van der Waals surface area contributed by atoms with Crippen molar-refractivity contribution in [3.63, 3.8) is 0 Å². The number of carbonyl (C=O) groups is 1. The quantitative estimate of drug-likeness (QED) is 0.373. The van der Waals surface area contributed by atoms with E-state index in [1.54, 1.807) is 12.1 Å². The van der Waals surface area contributed by atoms with Gasteiger partial charge in [0.15, 0.2) is 14.6 Å². The second kappa shape index (κ2) is 7.27. The number of aldehydes is 1. The highest BCUT2D eigenvalue weighted by molar-refractivity contribution is 9.10. The van der Waals surface area contributed by atoms with Gasteiger partial charge in [0.25, 0.3) is 0 Å². The molecule has 1 aromatic rings. The van der Waals surface area contributed by atoms with Crippen LogP contribution in [0.25, 0.3) is 0 Å². The van der Waals surface area contributed by atoms with Crippen LogP contribution < -0.4 is 4.74 Å². The number of rotatable bonds is 6. The smallest absolute Gasteiger partial charge is 0.192 e. The molecule has 0 amide bonds. The number of hydrogen-bond donors (Lipinski definition) is 0. The molecule has 3 nitrogen and oxygen atoms in total. The Morgan fingerprint density at radius 2 is 1.90 bits per heavy atom. The van der Waals surface area contributed by atoms with Crippen molar-refractivity contribution in [3.05, 3.63) is 27.2 Å². The molecule has 0 bridgehead atoms. The zero-order valence-corrected chi connectivity index (χ0v) is 16.5. The van der Waals surface area contributed by atoms with Crippen molar-refractivity contribution < 1.29 is 14.0 Å². The van der Waals surface area contributed by atoms with E-state index in [1.807, 2.05) is 0 Å². The third-order valence-corrected chi connectivity index (χ3v) is 9.52. The molecule has 1 aromatic carbocycles. The molecular weight excluding hydrogens is 372 g/mol. The summed E-state index contributed by atoms with van der Waals surface area (Å²) in [7, 11) is -1.76. The lowest BCUT2D eigenvalue weighted by Crippen LogP contribution is -2.41. The molecule has 0 atom stereocenters. The maximum Gasteiger partial charge on any atom is 0.192 e. The minimum Gasteiger partial charge on any atom is -0.490 e. The number of benzene rings is 1. The van der Waals surface area contributed by atoms with Crippen LogP contribution in [0.4, 0.5) is 0 Å². The molecule has 0 saturated carbocycles. The van der Waals surface area contributed by atoms with Gasteiger partial charge >= 0.3 is 0 Å². The SMILES string of the molecule is CC(C)(C)[Si](C)(C)OCCOc1cc(Br)c(Cl)cc1C=O. The lowest BCUT2D eigenvalue weighted by molar-refractivity contribution is 0.111. The molecule has 0 aromatic heterocycles. The second-order valence-electron chi connectivity index (χ2n) is 6.38. The minimum atomic E-state index is -1.76. The molecule has 6 heteroatoms. The van der Waals surface area contributed by atoms with Gasteiger partial charge in [-0.25, -0.2) is 0 Å². The molecule has 118 valence electrons. The number of halogens is 2. The Hall–Kier alpha value is -0.363. The van der Waals surface area contributed by atoms with E-state index in [-0.39, 0.29) is 5.04 Å². The molecule has 21 heavy (non-hydrogen) atoms. The van der Waals surface area contributed by atoms with Gasteiger partial charge in [-0.2, -0.15) is 0 Å². The average molecular weight is 394 g/mol. The molecule has 0 aliphatic heterocycles. The fourth-order valence-corrected chi connectivity index (χ4v) is 2.95. The number of ether oxygens (including phenoxy) is 1. The van der Waals surface area contributed by atoms with E-state index in [9.17, 15) is 4.79 Å². The van der Waals surface area contributed by atoms with Gasteiger partial charge in [0, 0.05) is 4.47 Å². The van der Waals surface area contributed by atoms with E-state index in [0.717, 1.165) is 6.29 Å². The summed E-state index contributed by atoms with van der Waals surface area (Å²) in [5.74, 6) is 0.514. The highest BCUT2D eigenvalue weighted by Crippen LogP contribution is 2.36. The Morgan fingerprint density at radius 1 is 1.29 bits per heavy atom. The first-order chi connectivity index (χ1) is 9.58. The normalized spacial score (nSPS) is 12.3. The lowest BCUT2D eigenvalue weighted by atomic mass is 10.2. The van der Waals surface area contributed by atoms with Crippen LogP contribution in [0, 0.1) is 0 Å². The second-order valence-corrected chi connectivity index (χ2v) is 12.5. The van der Waals surface area contributed by atoms with Crippen molar-refractivity contribution >= 4 is 42.1 Å². The van der Waals surface area contributed by atoms with Crippen molar-refractivity contribution in [2.45, 2.75) is 38.9 Å². The highest BCUT2D eigenvalue weighted by Gasteiger charge is 2.36. The summed E-state index contributed by atoms with van der Waals surface area (Å²) in [6.07, 6.45) is 0.738. The first-order valence-electron chi connectivity index (χ1n) is 6.79. The van der Waals surface area contributed by atoms with Crippen LogP contribution >= 0.6 is 27.5 Å². The van der Waals surface area contributed by atoms with Crippen LogP contribution in [0.3, 0.4) is 0 Å². The summed E-state index contributed by atoms with van der Waals surface area (Å²) in [4.78, 5) is 11.0. The Balaban J connectivity index is 2.61. The standard InChI is InChI=1S/C15H22BrClO3Si/c1-15(2,3)21(4,5)20-7-6-19-14-9-12(16)13(17)8-11(14)10-18/h8-10H,6-7H2,1-5H3. The maximum atomic E-state index is 11.0. The van der Waals surface area contributed by atoms with E-state index >= 15 is 0 Å². The zero-order chi connectivity index (χ0) is 16.3. The summed E-state index contributed by atoms with van der Waals surface area (Å²) < 4.78 is 12.4. The summed E-state index contributed by atoms with van der Waals surface area (Å²) in [5.41, 5.74) is 0.440. The van der Waals surface area contributed by atoms with E-state index in [4.69, 9.17) is 20.8 Å². The van der Waals surface area contributed by atoms with Crippen LogP contribution in [-0.2, 0) is 4.43 Å². The van der Waals surface area contributed by atoms with Crippen LogP contribution in [0.5, 0.6) is 5.75 Å². The fourth-order valence-electron chi connectivity index (χ4n) is 1.43. The van der Waals surface area contributed by atoms with Gasteiger partial charge in [0.1, 0.15) is 12.4 Å². The Morgan fingerprint density at radius 3 is 2.43 bits per heavy atom. The van der Waals surface area contributed by atoms with Crippen molar-refractivity contribution in [2.75, 3.05) is 13.2 Å². The van der Waals surface area contributed by atoms with Crippen molar-refractivity contribution in [3.8, 4) is 5.75 Å². The maximum absolute atomic E-state index is 11.0. The third-order valence-electron chi connectivity index (χ3n) is 3.79. The van der Waals surface area contributed by atoms with Crippen molar-refractivity contribution in [1.29, 1.82) is 0 Å². The highest BCUT2D eigenvalue weighted by atomic mass is 79.9. The van der Waals surface area contributed by atoms with Gasteiger partial charge in [-0.05, 0) is 46.2 Å². The molecule has 0 aliphatic carbocycles. The first kappa shape index (κ1) is 18.7. The number of carbonyl (C=O) groups excluding carboxylic acids is 1. The average Bonchev–Trinajstić information content (AvgIpc) is 2.36. The monoisotopic (exact) mass is 392 g/mol. The van der Waals surface area contributed by atoms with E-state index < -0.39 is 8.32 Å². The summed E-state index contributed by atoms with van der Waals surface area (Å²) in [6.45, 7) is 11.9. The van der Waals surface area contributed by atoms with E-state index in [2.05, 4.69) is 49.8 Å². The molecular formula is C15H22BrClO3Si. The predicted octanol–water partition coefficient (Wildman–Crippen LogP) is 5.32. The molecule has 0 N–H and O–H groups in total. The fraction of sp³-hybridized carbons (Fsp3) is 0.533. The van der Waals surface area contributed by atoms with Gasteiger partial charge in [-0.3, -0.25) is 4.79 Å². The van der Waals surface area contributed by atoms with E-state index in [0.29, 0.717) is 34.0 Å². The molecule has 1 rings (SSSR count). The Labute approximate surface area is 141 Å². The van der Waals surface area contributed by atoms with Crippen LogP contribution in [0.2, 0.25) is 23.2 Å². The van der Waals surface area contributed by atoms with Crippen LogP contribution in [0.15, 0.2) is 16.6 Å². The summed E-state index contributed by atoms with van der Waals surface area (Å²) in [6, 6.07) is 3.29. The van der Waals surface area contributed by atoms with Crippen LogP contribution in [-0.4, -0.2) is 27.8 Å². The largest absolute Gasteiger partial charge is 0.490 e. The van der Waals surface area contributed by atoms with Crippen LogP contribution in [0.1, 0.15) is 31.1 Å². The molecule has 0 spiro atoms. The molecule has 0 unspecified atom stereocenters. The Bertz CT molecular complexity index is 512. The van der Waals surface area contributed by atoms with E-state index in [1.165, 1.54) is 0 Å². The van der Waals surface area contributed by atoms with Crippen molar-refractivity contribution in [2.24, 2.45) is 0 Å². The number of hydrogen-bond acceptors (Lipinski definition) is 3. The molecule has 0 radical (unpaired) electrons. The molecule has 0 heterocycles. The van der Waals surface area contributed by atoms with Gasteiger partial charge in [-0.1, -0.05) is 32.4 Å². The van der Waals surface area contributed by atoms with Gasteiger partial charge in [0.2, 0.25) is 0 Å². The lowest BCUT2D eigenvalue weighted by Gasteiger charge is -2.36. The third kappa shape index (κ3) is 5.09.